The molecule has 0 aliphatic carbocycles. The third-order valence-electron chi connectivity index (χ3n) is 9.16. The monoisotopic (exact) mass is 973 g/mol. The Kier molecular flexibility index (Phi) is 22.1. The van der Waals surface area contributed by atoms with Gasteiger partial charge in [-0.25, -0.2) is 28.6 Å². The smallest absolute Gasteiger partial charge is 0.386 e. The highest BCUT2D eigenvalue weighted by Gasteiger charge is 2.50. The van der Waals surface area contributed by atoms with Crippen LogP contribution >= 0.6 is 35.2 Å². The Morgan fingerprint density at radius 1 is 0.984 bits per heavy atom. The Balaban J connectivity index is 1.38. The first kappa shape index (κ1) is 54.4. The first-order valence-corrected chi connectivity index (χ1v) is 25.4. The Bertz CT molecular complexity index is 2020. The summed E-state index contributed by atoms with van der Waals surface area (Å²) in [6.45, 7) is 2.68. The van der Waals surface area contributed by atoms with Crippen LogP contribution in [0, 0.1) is 5.41 Å². The average Bonchev–Trinajstić information content (AvgIpc) is 3.76. The van der Waals surface area contributed by atoms with Gasteiger partial charge in [-0.1, -0.05) is 82.9 Å². The number of phosphoric acid groups is 3. The lowest BCUT2D eigenvalue weighted by Crippen LogP contribution is -2.46. The summed E-state index contributed by atoms with van der Waals surface area (Å²) in [5.41, 5.74) is 4.27. The third kappa shape index (κ3) is 19.2. The number of aliphatic hydroxyl groups excluding tert-OH is 2. The van der Waals surface area contributed by atoms with Crippen LogP contribution in [0.2, 0.25) is 0 Å². The molecule has 0 radical (unpaired) electrons. The van der Waals surface area contributed by atoms with E-state index in [1.807, 2.05) is 6.08 Å². The van der Waals surface area contributed by atoms with Gasteiger partial charge in [0.15, 0.2) is 17.7 Å². The molecule has 28 heteroatoms. The molecule has 10 N–H and O–H groups in total. The molecule has 2 amide bonds. The van der Waals surface area contributed by atoms with E-state index in [1.54, 1.807) is 6.08 Å². The lowest BCUT2D eigenvalue weighted by atomic mass is 9.87. The van der Waals surface area contributed by atoms with Crippen molar-refractivity contribution in [2.24, 2.45) is 5.41 Å². The fourth-order valence-electron chi connectivity index (χ4n) is 5.83. The van der Waals surface area contributed by atoms with Crippen LogP contribution in [0.25, 0.3) is 11.2 Å². The standard InChI is InChI=1S/C35H58N7O17P3S/c1-4-5-6-7-8-9-10-11-12-13-14-15-26(44)63-19-18-37-25(43)16-17-38-33(47)30(46)35(2,3)21-56-62(53,54)59-61(51,52)55-20-24-29(58-60(48,49)50)28(45)34(57-24)42-23-41-27-31(36)39-22-40-32(27)42/h11-12,14-15,22-24,28-30,34,45-46H,4-10,13,16-21H2,1-3H3,(H,37,43)(H,38,47)(H,51,52)(H,53,54)(H2,36,39,40)(H2,48,49,50). The van der Waals surface area contributed by atoms with Gasteiger partial charge in [-0.05, 0) is 25.3 Å². The van der Waals surface area contributed by atoms with Crippen molar-refractivity contribution in [2.45, 2.75) is 109 Å². The number of hydrogen-bond donors (Lipinski definition) is 9. The van der Waals surface area contributed by atoms with E-state index in [2.05, 4.69) is 47.4 Å². The first-order chi connectivity index (χ1) is 29.6. The van der Waals surface area contributed by atoms with E-state index in [-0.39, 0.29) is 41.6 Å². The lowest BCUT2D eigenvalue weighted by molar-refractivity contribution is -0.137. The van der Waals surface area contributed by atoms with Gasteiger partial charge in [-0.3, -0.25) is 32.5 Å². The molecule has 1 fully saturated rings. The summed E-state index contributed by atoms with van der Waals surface area (Å²) >= 11 is 1.04. The maximum Gasteiger partial charge on any atom is 0.481 e. The number of fused-ring (bicyclic) bond motifs is 1. The molecule has 3 rings (SSSR count). The quantitative estimate of drug-likeness (QED) is 0.0245. The molecular weight excluding hydrogens is 915 g/mol. The number of aliphatic hydroxyl groups is 2. The molecule has 2 aromatic heterocycles. The van der Waals surface area contributed by atoms with E-state index in [9.17, 15) is 57.9 Å². The molecule has 24 nitrogen and oxygen atoms in total. The lowest BCUT2D eigenvalue weighted by Gasteiger charge is -2.30. The number of ether oxygens (including phenoxy) is 1. The number of carbonyl (C=O) groups is 3. The first-order valence-electron chi connectivity index (χ1n) is 19.9. The Hall–Kier alpha value is -2.96. The minimum Gasteiger partial charge on any atom is -0.386 e. The Labute approximate surface area is 368 Å². The van der Waals surface area contributed by atoms with Crippen molar-refractivity contribution in [1.29, 1.82) is 0 Å². The number of nitrogens with zero attached hydrogens (tertiary/aromatic N) is 4. The molecule has 63 heavy (non-hydrogen) atoms. The maximum absolute atomic E-state index is 12.7. The fourth-order valence-corrected chi connectivity index (χ4v) is 9.26. The number of phosphoric ester groups is 3. The zero-order chi connectivity index (χ0) is 46.8. The zero-order valence-corrected chi connectivity index (χ0v) is 38.5. The molecule has 0 saturated carbocycles. The van der Waals surface area contributed by atoms with Crippen LogP contribution in [-0.4, -0.2) is 123 Å². The number of allylic oxidation sites excluding steroid dienone is 3. The summed E-state index contributed by atoms with van der Waals surface area (Å²) in [5.74, 6) is -1.13. The summed E-state index contributed by atoms with van der Waals surface area (Å²) in [4.78, 5) is 88.0. The van der Waals surface area contributed by atoms with Crippen LogP contribution in [0.4, 0.5) is 5.82 Å². The Morgan fingerprint density at radius 3 is 2.40 bits per heavy atom. The van der Waals surface area contributed by atoms with Crippen LogP contribution in [0.3, 0.4) is 0 Å². The molecule has 2 aromatic rings. The summed E-state index contributed by atoms with van der Waals surface area (Å²) in [6, 6.07) is 0. The second-order valence-corrected chi connectivity index (χ2v) is 20.2. The van der Waals surface area contributed by atoms with Gasteiger partial charge in [0.05, 0.1) is 19.5 Å². The molecular formula is C35H58N7O17P3S. The van der Waals surface area contributed by atoms with Gasteiger partial charge in [-0.2, -0.15) is 4.31 Å². The van der Waals surface area contributed by atoms with Crippen molar-refractivity contribution in [3.05, 3.63) is 37.0 Å². The predicted molar refractivity (Wildman–Crippen MR) is 228 cm³/mol. The van der Waals surface area contributed by atoms with Crippen molar-refractivity contribution >= 4 is 69.1 Å². The second-order valence-electron chi connectivity index (χ2n) is 14.9. The molecule has 0 spiro atoms. The number of unbranched alkanes of at least 4 members (excludes halogenated alkanes) is 6. The molecule has 0 aromatic carbocycles. The SMILES string of the molecule is CCCCCCCCC=CCC=CC(=O)SCCNC(=O)CCNC(=O)C(O)C(C)(C)COP(=O)(O)OP(=O)(O)OCC1OC(n2cnc3c(N)ncnc32)C(O)C1OP(=O)(O)O. The largest absolute Gasteiger partial charge is 0.481 e. The molecule has 356 valence electrons. The van der Waals surface area contributed by atoms with E-state index in [4.69, 9.17) is 19.5 Å². The van der Waals surface area contributed by atoms with Crippen LogP contribution in [0.1, 0.15) is 84.8 Å². The molecule has 1 aliphatic heterocycles. The molecule has 1 saturated heterocycles. The van der Waals surface area contributed by atoms with E-state index in [1.165, 1.54) is 52.0 Å². The number of aromatic nitrogens is 4. The van der Waals surface area contributed by atoms with Crippen molar-refractivity contribution in [2.75, 3.05) is 37.8 Å². The molecule has 1 aliphatic rings. The second kappa shape index (κ2) is 25.7. The minimum atomic E-state index is -5.58. The number of nitrogen functional groups attached to an aromatic ring is 1. The van der Waals surface area contributed by atoms with Crippen molar-refractivity contribution in [3.8, 4) is 0 Å². The number of nitrogens with one attached hydrogen (secondary N) is 2. The summed E-state index contributed by atoms with van der Waals surface area (Å²) in [6.07, 6.45) is 9.60. The minimum absolute atomic E-state index is 0.0307. The van der Waals surface area contributed by atoms with Gasteiger partial charge in [-0.15, -0.1) is 0 Å². The predicted octanol–water partition coefficient (Wildman–Crippen LogP) is 2.92. The van der Waals surface area contributed by atoms with E-state index < -0.39 is 84.6 Å². The van der Waals surface area contributed by atoms with Crippen LogP contribution < -0.4 is 16.4 Å². The Morgan fingerprint density at radius 2 is 1.68 bits per heavy atom. The number of carbonyl (C=O) groups excluding carboxylic acids is 3. The summed E-state index contributed by atoms with van der Waals surface area (Å²) in [7, 11) is -16.4. The zero-order valence-electron chi connectivity index (χ0n) is 35.0. The molecule has 7 atom stereocenters. The van der Waals surface area contributed by atoms with Gasteiger partial charge < -0.3 is 50.9 Å². The van der Waals surface area contributed by atoms with Crippen molar-refractivity contribution < 1.29 is 80.5 Å². The number of imidazole rings is 1. The van der Waals surface area contributed by atoms with Gasteiger partial charge in [0.25, 0.3) is 0 Å². The number of anilines is 1. The molecule has 0 bridgehead atoms. The van der Waals surface area contributed by atoms with E-state index in [0.29, 0.717) is 12.2 Å². The topological polar surface area (TPSA) is 364 Å². The van der Waals surface area contributed by atoms with Crippen molar-refractivity contribution in [1.82, 2.24) is 30.2 Å². The third-order valence-corrected chi connectivity index (χ3v) is 13.1. The van der Waals surface area contributed by atoms with Gasteiger partial charge >= 0.3 is 23.5 Å². The van der Waals surface area contributed by atoms with Gasteiger partial charge in [0, 0.05) is 30.7 Å². The van der Waals surface area contributed by atoms with E-state index in [0.717, 1.165) is 41.8 Å². The number of amides is 2. The summed E-state index contributed by atoms with van der Waals surface area (Å²) in [5, 5.41) is 26.3. The van der Waals surface area contributed by atoms with Crippen LogP contribution in [-0.2, 0) is 50.7 Å². The maximum atomic E-state index is 12.7. The highest BCUT2D eigenvalue weighted by molar-refractivity contribution is 8.14. The van der Waals surface area contributed by atoms with Crippen molar-refractivity contribution in [3.63, 3.8) is 0 Å². The summed E-state index contributed by atoms with van der Waals surface area (Å²) < 4.78 is 62.3. The fraction of sp³-hybridized carbons (Fsp3) is 0.657. The highest BCUT2D eigenvalue weighted by atomic mass is 32.2. The number of nitrogens with two attached hydrogens (primary N) is 1. The average molecular weight is 974 g/mol. The number of thioether (sulfide) groups is 1. The van der Waals surface area contributed by atoms with Crippen LogP contribution in [0.15, 0.2) is 37.0 Å². The normalized spacial score (nSPS) is 20.8. The number of rotatable bonds is 29. The number of hydrogen-bond acceptors (Lipinski definition) is 18. The van der Waals surface area contributed by atoms with Gasteiger partial charge in [0.1, 0.15) is 36.3 Å². The molecule has 3 heterocycles. The highest BCUT2D eigenvalue weighted by Crippen LogP contribution is 2.61. The van der Waals surface area contributed by atoms with Crippen LogP contribution in [0.5, 0.6) is 0 Å². The molecule has 7 unspecified atom stereocenters. The van der Waals surface area contributed by atoms with Gasteiger partial charge in [0.2, 0.25) is 16.9 Å². The van der Waals surface area contributed by atoms with E-state index >= 15 is 0 Å².